The van der Waals surface area contributed by atoms with Gasteiger partial charge in [0.15, 0.2) is 0 Å². The molecule has 0 aliphatic heterocycles. The largest absolute Gasteiger partial charge is 0.299 e. The summed E-state index contributed by atoms with van der Waals surface area (Å²) in [6.07, 6.45) is 2.85. The van der Waals surface area contributed by atoms with Gasteiger partial charge in [0.2, 0.25) is 0 Å². The Labute approximate surface area is 123 Å². The Balaban J connectivity index is 1.97. The van der Waals surface area contributed by atoms with Crippen LogP contribution in [0.25, 0.3) is 0 Å². The quantitative estimate of drug-likeness (QED) is 0.811. The lowest BCUT2D eigenvalue weighted by Gasteiger charge is -2.36. The SMILES string of the molecule is CCN(Cc1ccccc1)CC1CC(C)(C)CCC1=O. The summed E-state index contributed by atoms with van der Waals surface area (Å²) >= 11 is 0. The van der Waals surface area contributed by atoms with Crippen molar-refractivity contribution in [2.45, 2.75) is 46.6 Å². The lowest BCUT2D eigenvalue weighted by molar-refractivity contribution is -0.127. The Morgan fingerprint density at radius 3 is 2.60 bits per heavy atom. The summed E-state index contributed by atoms with van der Waals surface area (Å²) < 4.78 is 0. The van der Waals surface area contributed by atoms with Crippen LogP contribution in [0.3, 0.4) is 0 Å². The molecule has 0 amide bonds. The summed E-state index contributed by atoms with van der Waals surface area (Å²) in [6, 6.07) is 10.5. The Kier molecular flexibility index (Phi) is 4.98. The van der Waals surface area contributed by atoms with Crippen LogP contribution in [0.2, 0.25) is 0 Å². The van der Waals surface area contributed by atoms with Crippen LogP contribution in [0.4, 0.5) is 0 Å². The van der Waals surface area contributed by atoms with Crippen molar-refractivity contribution in [1.82, 2.24) is 4.90 Å². The average Bonchev–Trinajstić information content (AvgIpc) is 2.43. The topological polar surface area (TPSA) is 20.3 Å². The molecule has 2 rings (SSSR count). The van der Waals surface area contributed by atoms with Crippen LogP contribution in [0, 0.1) is 11.3 Å². The molecule has 0 N–H and O–H groups in total. The molecule has 1 saturated carbocycles. The van der Waals surface area contributed by atoms with Crippen LogP contribution in [-0.2, 0) is 11.3 Å². The predicted octanol–water partition coefficient (Wildman–Crippen LogP) is 3.90. The third-order valence-corrected chi connectivity index (χ3v) is 4.48. The van der Waals surface area contributed by atoms with Crippen LogP contribution < -0.4 is 0 Å². The second-order valence-corrected chi connectivity index (χ2v) is 6.84. The average molecular weight is 273 g/mol. The number of carbonyl (C=O) groups is 1. The van der Waals surface area contributed by atoms with E-state index in [-0.39, 0.29) is 5.92 Å². The molecule has 20 heavy (non-hydrogen) atoms. The first-order chi connectivity index (χ1) is 9.50. The number of nitrogens with zero attached hydrogens (tertiary/aromatic N) is 1. The smallest absolute Gasteiger partial charge is 0.137 e. The zero-order valence-electron chi connectivity index (χ0n) is 13.1. The third-order valence-electron chi connectivity index (χ3n) is 4.48. The number of ketones is 1. The van der Waals surface area contributed by atoms with Crippen LogP contribution in [-0.4, -0.2) is 23.8 Å². The lowest BCUT2D eigenvalue weighted by atomic mass is 9.71. The van der Waals surface area contributed by atoms with E-state index in [9.17, 15) is 4.79 Å². The molecule has 0 bridgehead atoms. The second kappa shape index (κ2) is 6.53. The van der Waals surface area contributed by atoms with E-state index < -0.39 is 0 Å². The Bertz CT molecular complexity index is 438. The fourth-order valence-electron chi connectivity index (χ4n) is 3.17. The van der Waals surface area contributed by atoms with Crippen molar-refractivity contribution < 1.29 is 4.79 Å². The lowest BCUT2D eigenvalue weighted by Crippen LogP contribution is -2.38. The first-order valence-corrected chi connectivity index (χ1v) is 7.79. The summed E-state index contributed by atoms with van der Waals surface area (Å²) in [4.78, 5) is 14.6. The van der Waals surface area contributed by atoms with E-state index in [0.717, 1.165) is 38.9 Å². The fraction of sp³-hybridized carbons (Fsp3) is 0.611. The van der Waals surface area contributed by atoms with Gasteiger partial charge in [0.05, 0.1) is 0 Å². The summed E-state index contributed by atoms with van der Waals surface area (Å²) in [6.45, 7) is 9.62. The maximum atomic E-state index is 12.2. The fourth-order valence-corrected chi connectivity index (χ4v) is 3.17. The van der Waals surface area contributed by atoms with Gasteiger partial charge in [-0.25, -0.2) is 0 Å². The zero-order chi connectivity index (χ0) is 14.6. The minimum atomic E-state index is 0.224. The molecule has 0 spiro atoms. The van der Waals surface area contributed by atoms with Crippen molar-refractivity contribution >= 4 is 5.78 Å². The highest BCUT2D eigenvalue weighted by molar-refractivity contribution is 5.82. The maximum Gasteiger partial charge on any atom is 0.137 e. The van der Waals surface area contributed by atoms with Crippen LogP contribution in [0.15, 0.2) is 30.3 Å². The molecule has 0 heterocycles. The van der Waals surface area contributed by atoms with Gasteiger partial charge in [-0.15, -0.1) is 0 Å². The molecule has 0 aromatic heterocycles. The summed E-state index contributed by atoms with van der Waals surface area (Å²) in [5, 5.41) is 0. The molecule has 1 unspecified atom stereocenters. The molecule has 1 atom stereocenters. The van der Waals surface area contributed by atoms with Gasteiger partial charge < -0.3 is 0 Å². The summed E-state index contributed by atoms with van der Waals surface area (Å²) in [5.41, 5.74) is 1.65. The molecule has 1 aromatic rings. The Hall–Kier alpha value is -1.15. The predicted molar refractivity (Wildman–Crippen MR) is 83.5 cm³/mol. The van der Waals surface area contributed by atoms with Gasteiger partial charge in [-0.05, 0) is 30.4 Å². The van der Waals surface area contributed by atoms with Gasteiger partial charge in [0.1, 0.15) is 5.78 Å². The van der Waals surface area contributed by atoms with Crippen LogP contribution >= 0.6 is 0 Å². The number of benzene rings is 1. The molecule has 1 aliphatic rings. The Morgan fingerprint density at radius 1 is 1.25 bits per heavy atom. The van der Waals surface area contributed by atoms with Gasteiger partial charge in [-0.3, -0.25) is 9.69 Å². The summed E-state index contributed by atoms with van der Waals surface area (Å²) in [5.74, 6) is 0.693. The van der Waals surface area contributed by atoms with Gasteiger partial charge >= 0.3 is 0 Å². The van der Waals surface area contributed by atoms with Crippen molar-refractivity contribution in [3.8, 4) is 0 Å². The van der Waals surface area contributed by atoms with E-state index in [1.807, 2.05) is 6.07 Å². The molecule has 1 aromatic carbocycles. The van der Waals surface area contributed by atoms with E-state index in [1.165, 1.54) is 5.56 Å². The van der Waals surface area contributed by atoms with Gasteiger partial charge in [0, 0.05) is 25.4 Å². The maximum absolute atomic E-state index is 12.2. The van der Waals surface area contributed by atoms with Crippen molar-refractivity contribution in [2.75, 3.05) is 13.1 Å². The van der Waals surface area contributed by atoms with Crippen molar-refractivity contribution in [3.63, 3.8) is 0 Å². The van der Waals surface area contributed by atoms with Gasteiger partial charge in [0.25, 0.3) is 0 Å². The molecule has 2 nitrogen and oxygen atoms in total. The van der Waals surface area contributed by atoms with E-state index in [2.05, 4.69) is 49.9 Å². The van der Waals surface area contributed by atoms with E-state index in [0.29, 0.717) is 11.2 Å². The number of carbonyl (C=O) groups excluding carboxylic acids is 1. The minimum Gasteiger partial charge on any atom is -0.299 e. The minimum absolute atomic E-state index is 0.224. The highest BCUT2D eigenvalue weighted by Crippen LogP contribution is 2.37. The van der Waals surface area contributed by atoms with E-state index >= 15 is 0 Å². The molecule has 0 saturated heterocycles. The van der Waals surface area contributed by atoms with Crippen LogP contribution in [0.5, 0.6) is 0 Å². The first kappa shape index (κ1) is 15.2. The van der Waals surface area contributed by atoms with E-state index in [4.69, 9.17) is 0 Å². The van der Waals surface area contributed by atoms with Gasteiger partial charge in [-0.2, -0.15) is 0 Å². The number of rotatable bonds is 5. The molecule has 2 heteroatoms. The van der Waals surface area contributed by atoms with Crippen molar-refractivity contribution in [3.05, 3.63) is 35.9 Å². The van der Waals surface area contributed by atoms with Crippen LogP contribution in [0.1, 0.15) is 45.6 Å². The zero-order valence-corrected chi connectivity index (χ0v) is 13.1. The highest BCUT2D eigenvalue weighted by Gasteiger charge is 2.34. The van der Waals surface area contributed by atoms with Crippen molar-refractivity contribution in [1.29, 1.82) is 0 Å². The summed E-state index contributed by atoms with van der Waals surface area (Å²) in [7, 11) is 0. The molecular formula is C18H27NO. The molecule has 1 aliphatic carbocycles. The standard InChI is InChI=1S/C18H27NO/c1-4-19(13-15-8-6-5-7-9-15)14-16-12-18(2,3)11-10-17(16)20/h5-9,16H,4,10-14H2,1-3H3. The molecule has 0 radical (unpaired) electrons. The second-order valence-electron chi connectivity index (χ2n) is 6.84. The van der Waals surface area contributed by atoms with Gasteiger partial charge in [-0.1, -0.05) is 51.1 Å². The number of hydrogen-bond acceptors (Lipinski definition) is 2. The Morgan fingerprint density at radius 2 is 1.95 bits per heavy atom. The van der Waals surface area contributed by atoms with E-state index in [1.54, 1.807) is 0 Å². The normalized spacial score (nSPS) is 22.2. The molecule has 1 fully saturated rings. The monoisotopic (exact) mass is 273 g/mol. The van der Waals surface area contributed by atoms with Crippen molar-refractivity contribution in [2.24, 2.45) is 11.3 Å². The number of Topliss-reactive ketones (excluding diaryl/α,β-unsaturated/α-hetero) is 1. The number of hydrogen-bond donors (Lipinski definition) is 0. The first-order valence-electron chi connectivity index (χ1n) is 7.79. The highest BCUT2D eigenvalue weighted by atomic mass is 16.1. The molecule has 110 valence electrons. The molecular weight excluding hydrogens is 246 g/mol. The third kappa shape index (κ3) is 4.17.